The molecule has 0 bridgehead atoms. The first-order valence-electron chi connectivity index (χ1n) is 10.8. The summed E-state index contributed by atoms with van der Waals surface area (Å²) >= 11 is 0. The van der Waals surface area contributed by atoms with Crippen LogP contribution in [0.1, 0.15) is 48.4 Å². The molecule has 0 radical (unpaired) electrons. The summed E-state index contributed by atoms with van der Waals surface area (Å²) in [5, 5.41) is 8.16. The number of allylic oxidation sites excluding steroid dienone is 1. The lowest BCUT2D eigenvalue weighted by Gasteiger charge is -2.05. The Morgan fingerprint density at radius 2 is 1.45 bits per heavy atom. The quantitative estimate of drug-likeness (QED) is 0.143. The van der Waals surface area contributed by atoms with Crippen molar-refractivity contribution in [1.29, 1.82) is 0 Å². The highest BCUT2D eigenvalue weighted by atomic mass is 19.1. The molecule has 0 aliphatic heterocycles. The van der Waals surface area contributed by atoms with Crippen LogP contribution in [0.25, 0.3) is 11.1 Å². The van der Waals surface area contributed by atoms with Gasteiger partial charge in [0.1, 0.15) is 5.82 Å². The summed E-state index contributed by atoms with van der Waals surface area (Å²) < 4.78 is 14.6. The largest absolute Gasteiger partial charge is 0.206 e. The van der Waals surface area contributed by atoms with Crippen LogP contribution in [0.4, 0.5) is 4.39 Å². The molecule has 0 atom stereocenters. The van der Waals surface area contributed by atoms with Crippen LogP contribution in [-0.4, -0.2) is 12.4 Å². The van der Waals surface area contributed by atoms with Gasteiger partial charge in [-0.15, -0.1) is 6.58 Å². The fraction of sp³-hybridized carbons (Fsp3) is 0.214. The Morgan fingerprint density at radius 3 is 2.10 bits per heavy atom. The molecule has 0 aliphatic carbocycles. The molecule has 0 N–H and O–H groups in total. The van der Waals surface area contributed by atoms with Crippen LogP contribution in [0.5, 0.6) is 0 Å². The van der Waals surface area contributed by atoms with E-state index in [1.807, 2.05) is 48.5 Å². The lowest BCUT2D eigenvalue weighted by Crippen LogP contribution is -1.89. The molecule has 3 aromatic carbocycles. The number of halogens is 1. The van der Waals surface area contributed by atoms with Crippen molar-refractivity contribution in [3.05, 3.63) is 107 Å². The molecule has 0 aromatic heterocycles. The van der Waals surface area contributed by atoms with E-state index >= 15 is 0 Å². The molecule has 158 valence electrons. The van der Waals surface area contributed by atoms with Gasteiger partial charge in [-0.1, -0.05) is 73.7 Å². The second-order valence-corrected chi connectivity index (χ2v) is 7.55. The third kappa shape index (κ3) is 6.85. The van der Waals surface area contributed by atoms with Crippen molar-refractivity contribution in [2.45, 2.75) is 39.0 Å². The normalized spacial score (nSPS) is 11.4. The van der Waals surface area contributed by atoms with Gasteiger partial charge in [0.15, 0.2) is 0 Å². The van der Waals surface area contributed by atoms with E-state index < -0.39 is 0 Å². The van der Waals surface area contributed by atoms with Gasteiger partial charge in [0, 0.05) is 5.56 Å². The van der Waals surface area contributed by atoms with Gasteiger partial charge in [-0.2, -0.15) is 10.2 Å². The van der Waals surface area contributed by atoms with Gasteiger partial charge in [0.05, 0.1) is 12.4 Å². The highest BCUT2D eigenvalue weighted by Crippen LogP contribution is 2.24. The third-order valence-electron chi connectivity index (χ3n) is 5.25. The Morgan fingerprint density at radius 1 is 0.806 bits per heavy atom. The van der Waals surface area contributed by atoms with Crippen molar-refractivity contribution in [2.24, 2.45) is 10.2 Å². The number of aryl methyl sites for hydroxylation is 2. The minimum atomic E-state index is -0.263. The van der Waals surface area contributed by atoms with Crippen molar-refractivity contribution in [1.82, 2.24) is 0 Å². The maximum Gasteiger partial charge on any atom is 0.131 e. The zero-order chi connectivity index (χ0) is 21.9. The number of hydrogen-bond donors (Lipinski definition) is 0. The molecule has 0 saturated carbocycles. The molecule has 0 saturated heterocycles. The third-order valence-corrected chi connectivity index (χ3v) is 5.25. The van der Waals surface area contributed by atoms with Gasteiger partial charge >= 0.3 is 0 Å². The molecular weight excluding hydrogens is 383 g/mol. The van der Waals surface area contributed by atoms with Crippen LogP contribution in [0.15, 0.2) is 89.6 Å². The van der Waals surface area contributed by atoms with Gasteiger partial charge in [-0.05, 0) is 66.0 Å². The summed E-state index contributed by atoms with van der Waals surface area (Å²) in [5.41, 5.74) is 5.70. The molecule has 31 heavy (non-hydrogen) atoms. The first kappa shape index (κ1) is 22.4. The number of hydrogen-bond acceptors (Lipinski definition) is 2. The Bertz CT molecular complexity index is 1030. The molecule has 3 aromatic rings. The van der Waals surface area contributed by atoms with E-state index in [1.54, 1.807) is 18.5 Å². The fourth-order valence-electron chi connectivity index (χ4n) is 3.35. The minimum absolute atomic E-state index is 0.263. The van der Waals surface area contributed by atoms with Crippen molar-refractivity contribution >= 4 is 12.4 Å². The molecule has 0 unspecified atom stereocenters. The molecule has 2 nitrogen and oxygen atoms in total. The van der Waals surface area contributed by atoms with E-state index in [2.05, 4.69) is 35.8 Å². The van der Waals surface area contributed by atoms with E-state index in [1.165, 1.54) is 30.0 Å². The van der Waals surface area contributed by atoms with Gasteiger partial charge in [-0.3, -0.25) is 0 Å². The van der Waals surface area contributed by atoms with Crippen LogP contribution < -0.4 is 0 Å². The smallest absolute Gasteiger partial charge is 0.131 e. The van der Waals surface area contributed by atoms with Crippen LogP contribution in [0.2, 0.25) is 0 Å². The van der Waals surface area contributed by atoms with E-state index in [0.29, 0.717) is 11.1 Å². The SMILES string of the molecule is C=CCCCCc1ccc(C=NN=Cc2ccc(-c3ccc(CC)cc3)c(F)c2)cc1. The van der Waals surface area contributed by atoms with E-state index in [0.717, 1.165) is 30.4 Å². The molecule has 3 rings (SSSR count). The summed E-state index contributed by atoms with van der Waals surface area (Å²) in [5.74, 6) is -0.263. The van der Waals surface area contributed by atoms with Gasteiger partial charge in [0.2, 0.25) is 0 Å². The Balaban J connectivity index is 1.57. The average molecular weight is 413 g/mol. The van der Waals surface area contributed by atoms with Crippen LogP contribution in [-0.2, 0) is 12.8 Å². The predicted molar refractivity (Wildman–Crippen MR) is 131 cm³/mol. The van der Waals surface area contributed by atoms with Gasteiger partial charge in [0.25, 0.3) is 0 Å². The van der Waals surface area contributed by atoms with E-state index in [9.17, 15) is 4.39 Å². The second-order valence-electron chi connectivity index (χ2n) is 7.55. The zero-order valence-corrected chi connectivity index (χ0v) is 18.1. The van der Waals surface area contributed by atoms with E-state index in [-0.39, 0.29) is 5.82 Å². The van der Waals surface area contributed by atoms with E-state index in [4.69, 9.17) is 0 Å². The monoisotopic (exact) mass is 412 g/mol. The molecule has 0 amide bonds. The second kappa shape index (κ2) is 11.8. The van der Waals surface area contributed by atoms with Crippen LogP contribution >= 0.6 is 0 Å². The molecule has 0 aliphatic rings. The van der Waals surface area contributed by atoms with Crippen molar-refractivity contribution in [2.75, 3.05) is 0 Å². The summed E-state index contributed by atoms with van der Waals surface area (Å²) in [6, 6.07) is 21.5. The van der Waals surface area contributed by atoms with Crippen molar-refractivity contribution in [3.63, 3.8) is 0 Å². The fourth-order valence-corrected chi connectivity index (χ4v) is 3.35. The first-order valence-corrected chi connectivity index (χ1v) is 10.8. The number of benzene rings is 3. The highest BCUT2D eigenvalue weighted by Gasteiger charge is 2.05. The Kier molecular flexibility index (Phi) is 8.48. The predicted octanol–water partition coefficient (Wildman–Crippen LogP) is 7.41. The van der Waals surface area contributed by atoms with Crippen LogP contribution in [0.3, 0.4) is 0 Å². The number of nitrogens with zero attached hydrogens (tertiary/aromatic N) is 2. The Labute approximate surface area is 184 Å². The molecule has 0 spiro atoms. The molecular formula is C28H29FN2. The van der Waals surface area contributed by atoms with Crippen molar-refractivity contribution in [3.8, 4) is 11.1 Å². The highest BCUT2D eigenvalue weighted by molar-refractivity contribution is 5.83. The summed E-state index contributed by atoms with van der Waals surface area (Å²) in [6.45, 7) is 5.86. The minimum Gasteiger partial charge on any atom is -0.206 e. The number of unbranched alkanes of at least 4 members (excludes halogenated alkanes) is 2. The number of rotatable bonds is 10. The van der Waals surface area contributed by atoms with Crippen LogP contribution in [0, 0.1) is 5.82 Å². The molecule has 3 heteroatoms. The maximum atomic E-state index is 14.6. The molecule has 0 fully saturated rings. The lowest BCUT2D eigenvalue weighted by molar-refractivity contribution is 0.631. The zero-order valence-electron chi connectivity index (χ0n) is 18.1. The topological polar surface area (TPSA) is 24.7 Å². The Hall–Kier alpha value is -3.33. The maximum absolute atomic E-state index is 14.6. The average Bonchev–Trinajstić information content (AvgIpc) is 2.81. The lowest BCUT2D eigenvalue weighted by atomic mass is 10.0. The summed E-state index contributed by atoms with van der Waals surface area (Å²) in [6.07, 6.45) is 10.7. The molecule has 0 heterocycles. The van der Waals surface area contributed by atoms with Gasteiger partial charge in [-0.25, -0.2) is 4.39 Å². The summed E-state index contributed by atoms with van der Waals surface area (Å²) in [4.78, 5) is 0. The van der Waals surface area contributed by atoms with Crippen molar-refractivity contribution < 1.29 is 4.39 Å². The first-order chi connectivity index (χ1) is 15.2. The standard InChI is InChI=1S/C28H29FN2/c1-3-5-6-7-8-23-9-11-24(12-10-23)20-30-31-21-25-15-18-27(28(29)19-25)26-16-13-22(4-2)14-17-26/h3,9-21H,1,4-8H2,2H3. The summed E-state index contributed by atoms with van der Waals surface area (Å²) in [7, 11) is 0. The van der Waals surface area contributed by atoms with Gasteiger partial charge < -0.3 is 0 Å².